The van der Waals surface area contributed by atoms with E-state index in [2.05, 4.69) is 17.4 Å². The van der Waals surface area contributed by atoms with Crippen molar-refractivity contribution in [1.82, 2.24) is 5.32 Å². The fraction of sp³-hybridized carbons (Fsp3) is 0.625. The van der Waals surface area contributed by atoms with E-state index in [-0.39, 0.29) is 0 Å². The quantitative estimate of drug-likeness (QED) is 0.915. The van der Waals surface area contributed by atoms with Crippen molar-refractivity contribution in [3.8, 4) is 5.75 Å². The summed E-state index contributed by atoms with van der Waals surface area (Å²) < 4.78 is 5.85. The third-order valence-electron chi connectivity index (χ3n) is 4.97. The Morgan fingerprint density at radius 1 is 1.37 bits per heavy atom. The molecule has 2 fully saturated rings. The average Bonchev–Trinajstić information content (AvgIpc) is 2.97. The molecule has 4 rings (SSSR count). The molecule has 0 aromatic heterocycles. The van der Waals surface area contributed by atoms with Crippen LogP contribution in [0.3, 0.4) is 0 Å². The van der Waals surface area contributed by atoms with Crippen molar-refractivity contribution in [2.75, 3.05) is 13.2 Å². The van der Waals surface area contributed by atoms with Gasteiger partial charge in [-0.3, -0.25) is 0 Å². The first-order valence-corrected chi connectivity index (χ1v) is 7.84. The molecule has 3 heteroatoms. The third-order valence-corrected chi connectivity index (χ3v) is 5.19. The van der Waals surface area contributed by atoms with Crippen molar-refractivity contribution >= 4 is 11.6 Å². The number of nitrogens with one attached hydrogen (secondary N) is 1. The molecule has 0 bridgehead atoms. The van der Waals surface area contributed by atoms with E-state index in [0.717, 1.165) is 36.1 Å². The minimum Gasteiger partial charge on any atom is -0.493 e. The molecule has 1 aromatic carbocycles. The van der Waals surface area contributed by atoms with Crippen LogP contribution in [-0.2, 0) is 12.8 Å². The van der Waals surface area contributed by atoms with E-state index in [0.29, 0.717) is 5.54 Å². The van der Waals surface area contributed by atoms with Gasteiger partial charge in [-0.05, 0) is 67.8 Å². The molecule has 19 heavy (non-hydrogen) atoms. The standard InChI is InChI=1S/C16H20ClNO/c17-14-8-11-4-7-19-15(11)12(9-14)10-16(13-2-3-13)5-1-6-18-16/h8-9,13,18H,1-7,10H2. The minimum atomic E-state index is 0.324. The molecule has 1 N–H and O–H groups in total. The summed E-state index contributed by atoms with van der Waals surface area (Å²) in [4.78, 5) is 0. The Kier molecular flexibility index (Phi) is 2.78. The van der Waals surface area contributed by atoms with E-state index in [1.165, 1.54) is 43.4 Å². The minimum absolute atomic E-state index is 0.324. The van der Waals surface area contributed by atoms with E-state index < -0.39 is 0 Å². The fourth-order valence-electron chi connectivity index (χ4n) is 3.93. The van der Waals surface area contributed by atoms with Gasteiger partial charge in [0.1, 0.15) is 5.75 Å². The summed E-state index contributed by atoms with van der Waals surface area (Å²) >= 11 is 6.28. The van der Waals surface area contributed by atoms with E-state index >= 15 is 0 Å². The molecule has 2 nitrogen and oxygen atoms in total. The highest BCUT2D eigenvalue weighted by atomic mass is 35.5. The molecule has 102 valence electrons. The van der Waals surface area contributed by atoms with Crippen LogP contribution in [-0.4, -0.2) is 18.7 Å². The van der Waals surface area contributed by atoms with Gasteiger partial charge in [0.15, 0.2) is 0 Å². The zero-order valence-corrected chi connectivity index (χ0v) is 11.9. The number of hydrogen-bond acceptors (Lipinski definition) is 2. The van der Waals surface area contributed by atoms with E-state index in [4.69, 9.17) is 16.3 Å². The number of ether oxygens (including phenoxy) is 1. The summed E-state index contributed by atoms with van der Waals surface area (Å²) in [5.74, 6) is 1.99. The number of fused-ring (bicyclic) bond motifs is 1. The van der Waals surface area contributed by atoms with Gasteiger partial charge in [-0.2, -0.15) is 0 Å². The van der Waals surface area contributed by atoms with Crippen LogP contribution in [0.5, 0.6) is 5.75 Å². The summed E-state index contributed by atoms with van der Waals surface area (Å²) in [6.45, 7) is 1.98. The molecule has 0 amide bonds. The Morgan fingerprint density at radius 3 is 3.00 bits per heavy atom. The lowest BCUT2D eigenvalue weighted by molar-refractivity contribution is 0.311. The molecule has 0 spiro atoms. The normalized spacial score (nSPS) is 29.3. The van der Waals surface area contributed by atoms with Crippen LogP contribution in [0.2, 0.25) is 5.02 Å². The van der Waals surface area contributed by atoms with Crippen molar-refractivity contribution in [3.63, 3.8) is 0 Å². The first kappa shape index (κ1) is 12.0. The van der Waals surface area contributed by atoms with Gasteiger partial charge in [-0.1, -0.05) is 11.6 Å². The Bertz CT molecular complexity index is 504. The maximum Gasteiger partial charge on any atom is 0.125 e. The Morgan fingerprint density at radius 2 is 2.26 bits per heavy atom. The smallest absolute Gasteiger partial charge is 0.125 e. The lowest BCUT2D eigenvalue weighted by atomic mass is 9.84. The summed E-state index contributed by atoms with van der Waals surface area (Å²) in [6, 6.07) is 4.19. The lowest BCUT2D eigenvalue weighted by Gasteiger charge is -2.30. The van der Waals surface area contributed by atoms with Crippen LogP contribution in [0.25, 0.3) is 0 Å². The summed E-state index contributed by atoms with van der Waals surface area (Å²) in [5.41, 5.74) is 2.94. The average molecular weight is 278 g/mol. The molecule has 1 saturated carbocycles. The predicted molar refractivity (Wildman–Crippen MR) is 77.0 cm³/mol. The van der Waals surface area contributed by atoms with E-state index in [1.807, 2.05) is 0 Å². The van der Waals surface area contributed by atoms with Crippen molar-refractivity contribution < 1.29 is 4.74 Å². The SMILES string of the molecule is Clc1cc2c(c(CC3(C4CC4)CCCN3)c1)OCC2. The summed E-state index contributed by atoms with van der Waals surface area (Å²) in [7, 11) is 0. The Hall–Kier alpha value is -0.730. The van der Waals surface area contributed by atoms with Gasteiger partial charge >= 0.3 is 0 Å². The van der Waals surface area contributed by atoms with Crippen LogP contribution >= 0.6 is 11.6 Å². The van der Waals surface area contributed by atoms with Gasteiger partial charge in [-0.15, -0.1) is 0 Å². The van der Waals surface area contributed by atoms with Crippen LogP contribution in [0.15, 0.2) is 12.1 Å². The molecule has 2 heterocycles. The summed E-state index contributed by atoms with van der Waals surface area (Å²) in [5, 5.41) is 4.66. The second kappa shape index (κ2) is 4.39. The van der Waals surface area contributed by atoms with Crippen molar-refractivity contribution in [3.05, 3.63) is 28.3 Å². The van der Waals surface area contributed by atoms with Gasteiger partial charge in [0.2, 0.25) is 0 Å². The van der Waals surface area contributed by atoms with Gasteiger partial charge in [0.25, 0.3) is 0 Å². The molecule has 1 aromatic rings. The monoisotopic (exact) mass is 277 g/mol. The predicted octanol–water partition coefficient (Wildman–Crippen LogP) is 3.35. The van der Waals surface area contributed by atoms with Gasteiger partial charge in [0, 0.05) is 17.0 Å². The Labute approximate surface area is 119 Å². The number of halogens is 1. The van der Waals surface area contributed by atoms with Gasteiger partial charge < -0.3 is 10.1 Å². The molecule has 2 aliphatic heterocycles. The molecular formula is C16H20ClNO. The molecule has 1 aliphatic carbocycles. The highest BCUT2D eigenvalue weighted by Gasteiger charge is 2.47. The lowest BCUT2D eigenvalue weighted by Crippen LogP contribution is -2.44. The van der Waals surface area contributed by atoms with Crippen molar-refractivity contribution in [1.29, 1.82) is 0 Å². The second-order valence-corrected chi connectivity index (χ2v) is 6.73. The van der Waals surface area contributed by atoms with E-state index in [1.54, 1.807) is 0 Å². The number of benzene rings is 1. The van der Waals surface area contributed by atoms with Crippen LogP contribution in [0.1, 0.15) is 36.8 Å². The molecule has 1 unspecified atom stereocenters. The maximum absolute atomic E-state index is 6.28. The molecule has 0 radical (unpaired) electrons. The highest BCUT2D eigenvalue weighted by Crippen LogP contribution is 2.47. The van der Waals surface area contributed by atoms with Crippen molar-refractivity contribution in [2.24, 2.45) is 5.92 Å². The maximum atomic E-state index is 6.28. The zero-order chi connectivity index (χ0) is 12.9. The van der Waals surface area contributed by atoms with Crippen molar-refractivity contribution in [2.45, 2.75) is 44.1 Å². The topological polar surface area (TPSA) is 21.3 Å². The molecule has 1 atom stereocenters. The zero-order valence-electron chi connectivity index (χ0n) is 11.2. The second-order valence-electron chi connectivity index (χ2n) is 6.29. The van der Waals surface area contributed by atoms with Crippen LogP contribution in [0, 0.1) is 5.92 Å². The molecular weight excluding hydrogens is 258 g/mol. The van der Waals surface area contributed by atoms with Crippen LogP contribution in [0.4, 0.5) is 0 Å². The first-order valence-electron chi connectivity index (χ1n) is 7.46. The summed E-state index contributed by atoms with van der Waals surface area (Å²) in [6.07, 6.45) is 7.47. The van der Waals surface area contributed by atoms with Crippen LogP contribution < -0.4 is 10.1 Å². The highest BCUT2D eigenvalue weighted by molar-refractivity contribution is 6.30. The fourth-order valence-corrected chi connectivity index (χ4v) is 4.19. The van der Waals surface area contributed by atoms with Gasteiger partial charge in [-0.25, -0.2) is 0 Å². The Balaban J connectivity index is 1.69. The third kappa shape index (κ3) is 2.05. The number of rotatable bonds is 3. The van der Waals surface area contributed by atoms with E-state index in [9.17, 15) is 0 Å². The molecule has 1 saturated heterocycles. The number of hydrogen-bond donors (Lipinski definition) is 1. The first-order chi connectivity index (χ1) is 9.27. The molecule has 3 aliphatic rings. The van der Waals surface area contributed by atoms with Gasteiger partial charge in [0.05, 0.1) is 6.61 Å². The largest absolute Gasteiger partial charge is 0.493 e.